The van der Waals surface area contributed by atoms with Crippen molar-refractivity contribution in [1.82, 2.24) is 20.4 Å². The van der Waals surface area contributed by atoms with E-state index in [0.717, 1.165) is 64.4 Å². The number of hydrogen-bond acceptors (Lipinski definition) is 3. The van der Waals surface area contributed by atoms with Crippen LogP contribution in [0.3, 0.4) is 0 Å². The Hall–Kier alpha value is -2.08. The molecule has 1 aromatic rings. The summed E-state index contributed by atoms with van der Waals surface area (Å²) < 4.78 is 0. The summed E-state index contributed by atoms with van der Waals surface area (Å²) in [7, 11) is 3.97. The summed E-state index contributed by atoms with van der Waals surface area (Å²) in [6.07, 6.45) is 6.64. The monoisotopic (exact) mass is 399 g/mol. The van der Waals surface area contributed by atoms with E-state index in [4.69, 9.17) is 0 Å². The molecule has 0 spiro atoms. The summed E-state index contributed by atoms with van der Waals surface area (Å²) in [5.41, 5.74) is 1.35. The zero-order valence-electron chi connectivity index (χ0n) is 18.1. The van der Waals surface area contributed by atoms with E-state index in [1.54, 1.807) is 0 Å². The van der Waals surface area contributed by atoms with Crippen molar-refractivity contribution in [2.45, 2.75) is 51.1 Å². The number of hydrogen-bond donors (Lipinski definition) is 2. The minimum atomic E-state index is 0.277. The molecule has 1 heterocycles. The van der Waals surface area contributed by atoms with Crippen LogP contribution in [0.2, 0.25) is 0 Å². The van der Waals surface area contributed by atoms with Gasteiger partial charge in [0, 0.05) is 45.2 Å². The first kappa shape index (κ1) is 21.6. The van der Waals surface area contributed by atoms with Gasteiger partial charge in [0.25, 0.3) is 0 Å². The number of nitrogens with zero attached hydrogens (tertiary/aromatic N) is 3. The molecular weight excluding hydrogens is 362 g/mol. The molecule has 6 heteroatoms. The molecule has 2 aliphatic rings. The molecule has 0 radical (unpaired) electrons. The van der Waals surface area contributed by atoms with Gasteiger partial charge in [-0.3, -0.25) is 9.79 Å². The van der Waals surface area contributed by atoms with Crippen LogP contribution in [0.4, 0.5) is 0 Å². The lowest BCUT2D eigenvalue weighted by molar-refractivity contribution is -0.134. The van der Waals surface area contributed by atoms with Gasteiger partial charge in [0.2, 0.25) is 5.91 Å². The molecule has 1 aliphatic carbocycles. The average Bonchev–Trinajstić information content (AvgIpc) is 3.43. The molecule has 3 rings (SSSR count). The second-order valence-corrected chi connectivity index (χ2v) is 8.47. The summed E-state index contributed by atoms with van der Waals surface area (Å²) in [4.78, 5) is 21.4. The Morgan fingerprint density at radius 2 is 1.97 bits per heavy atom. The van der Waals surface area contributed by atoms with E-state index in [1.807, 2.05) is 7.05 Å². The van der Waals surface area contributed by atoms with E-state index < -0.39 is 0 Å². The van der Waals surface area contributed by atoms with E-state index in [0.29, 0.717) is 11.9 Å². The first-order valence-electron chi connectivity index (χ1n) is 11.1. The van der Waals surface area contributed by atoms with E-state index in [9.17, 15) is 4.79 Å². The lowest BCUT2D eigenvalue weighted by Crippen LogP contribution is -2.45. The predicted molar refractivity (Wildman–Crippen MR) is 119 cm³/mol. The van der Waals surface area contributed by atoms with Gasteiger partial charge < -0.3 is 20.4 Å². The van der Waals surface area contributed by atoms with Crippen molar-refractivity contribution in [2.24, 2.45) is 10.9 Å². The molecule has 160 valence electrons. The largest absolute Gasteiger partial charge is 0.356 e. The van der Waals surface area contributed by atoms with E-state index in [1.165, 1.54) is 18.4 Å². The van der Waals surface area contributed by atoms with Gasteiger partial charge >= 0.3 is 0 Å². The Kier molecular flexibility index (Phi) is 8.35. The maximum absolute atomic E-state index is 12.6. The fourth-order valence-corrected chi connectivity index (χ4v) is 4.43. The molecule has 1 atom stereocenters. The number of nitrogens with one attached hydrogen (secondary N) is 2. The quantitative estimate of drug-likeness (QED) is 0.401. The number of aliphatic imine (C=N–C) groups is 1. The number of amides is 1. The zero-order chi connectivity index (χ0) is 20.5. The molecule has 1 amide bonds. The fourth-order valence-electron chi connectivity index (χ4n) is 4.43. The first-order chi connectivity index (χ1) is 14.2. The number of guanidine groups is 1. The Morgan fingerprint density at radius 1 is 1.21 bits per heavy atom. The summed E-state index contributed by atoms with van der Waals surface area (Å²) >= 11 is 0. The van der Waals surface area contributed by atoms with Crippen LogP contribution in [-0.4, -0.2) is 68.0 Å². The Labute approximate surface area is 175 Å². The van der Waals surface area contributed by atoms with E-state index in [2.05, 4.69) is 62.8 Å². The van der Waals surface area contributed by atoms with Crippen molar-refractivity contribution in [3.8, 4) is 0 Å². The summed E-state index contributed by atoms with van der Waals surface area (Å²) in [5, 5.41) is 6.92. The number of benzene rings is 1. The molecule has 1 unspecified atom stereocenters. The highest BCUT2D eigenvalue weighted by Gasteiger charge is 2.32. The smallest absolute Gasteiger partial charge is 0.225 e. The lowest BCUT2D eigenvalue weighted by Gasteiger charge is -2.22. The standard InChI is InChI=1S/C23H37N5O/c1-24-23(25-14-8-15-27(2)17-19-9-4-3-5-10-19)26-21-13-16-28(18-21)22(29)20-11-6-7-12-20/h3-5,9-10,20-21H,6-8,11-18H2,1-2H3,(H2,24,25,26). The van der Waals surface area contributed by atoms with Crippen molar-refractivity contribution in [3.63, 3.8) is 0 Å². The van der Waals surface area contributed by atoms with Gasteiger partial charge in [-0.1, -0.05) is 43.2 Å². The molecule has 1 saturated heterocycles. The number of likely N-dealkylation sites (tertiary alicyclic amines) is 1. The van der Waals surface area contributed by atoms with Gasteiger partial charge in [-0.05, 0) is 44.8 Å². The van der Waals surface area contributed by atoms with Crippen molar-refractivity contribution in [2.75, 3.05) is 40.3 Å². The zero-order valence-corrected chi connectivity index (χ0v) is 18.1. The molecule has 0 bridgehead atoms. The third kappa shape index (κ3) is 6.74. The van der Waals surface area contributed by atoms with Crippen LogP contribution in [0.1, 0.15) is 44.1 Å². The van der Waals surface area contributed by atoms with Gasteiger partial charge in [-0.15, -0.1) is 0 Å². The fraction of sp³-hybridized carbons (Fsp3) is 0.652. The van der Waals surface area contributed by atoms with Gasteiger partial charge in [-0.2, -0.15) is 0 Å². The third-order valence-corrected chi connectivity index (χ3v) is 6.07. The molecule has 1 aliphatic heterocycles. The van der Waals surface area contributed by atoms with Crippen molar-refractivity contribution in [3.05, 3.63) is 35.9 Å². The lowest BCUT2D eigenvalue weighted by atomic mass is 10.1. The second-order valence-electron chi connectivity index (χ2n) is 8.47. The average molecular weight is 400 g/mol. The molecule has 2 N–H and O–H groups in total. The van der Waals surface area contributed by atoms with Crippen LogP contribution in [0.25, 0.3) is 0 Å². The topological polar surface area (TPSA) is 60.0 Å². The number of carbonyl (C=O) groups is 1. The highest BCUT2D eigenvalue weighted by atomic mass is 16.2. The van der Waals surface area contributed by atoms with Gasteiger partial charge in [0.05, 0.1) is 0 Å². The Bertz CT molecular complexity index is 656. The van der Waals surface area contributed by atoms with Crippen LogP contribution in [0, 0.1) is 5.92 Å². The highest BCUT2D eigenvalue weighted by Crippen LogP contribution is 2.27. The predicted octanol–water partition coefficient (Wildman–Crippen LogP) is 2.46. The summed E-state index contributed by atoms with van der Waals surface area (Å²) in [6.45, 7) is 4.56. The summed E-state index contributed by atoms with van der Waals surface area (Å²) in [6, 6.07) is 10.9. The van der Waals surface area contributed by atoms with Crippen LogP contribution >= 0.6 is 0 Å². The Morgan fingerprint density at radius 3 is 2.69 bits per heavy atom. The van der Waals surface area contributed by atoms with Crippen LogP contribution < -0.4 is 10.6 Å². The SMILES string of the molecule is CN=C(NCCCN(C)Cc1ccccc1)NC1CCN(C(=O)C2CCCC2)C1. The van der Waals surface area contributed by atoms with Gasteiger partial charge in [0.1, 0.15) is 0 Å². The van der Waals surface area contributed by atoms with Gasteiger partial charge in [-0.25, -0.2) is 0 Å². The van der Waals surface area contributed by atoms with Crippen molar-refractivity contribution in [1.29, 1.82) is 0 Å². The summed E-state index contributed by atoms with van der Waals surface area (Å²) in [5.74, 6) is 1.49. The minimum Gasteiger partial charge on any atom is -0.356 e. The van der Waals surface area contributed by atoms with Crippen molar-refractivity contribution < 1.29 is 4.79 Å². The molecule has 1 aromatic carbocycles. The normalized spacial score (nSPS) is 20.4. The van der Waals surface area contributed by atoms with E-state index >= 15 is 0 Å². The second kappa shape index (κ2) is 11.2. The van der Waals surface area contributed by atoms with E-state index in [-0.39, 0.29) is 5.92 Å². The molecule has 1 saturated carbocycles. The van der Waals surface area contributed by atoms with Gasteiger partial charge in [0.15, 0.2) is 5.96 Å². The first-order valence-corrected chi connectivity index (χ1v) is 11.1. The molecule has 2 fully saturated rings. The molecule has 6 nitrogen and oxygen atoms in total. The molecule has 0 aromatic heterocycles. The Balaban J connectivity index is 1.32. The van der Waals surface area contributed by atoms with Crippen LogP contribution in [0.5, 0.6) is 0 Å². The number of carbonyl (C=O) groups excluding carboxylic acids is 1. The van der Waals surface area contributed by atoms with Crippen LogP contribution in [0.15, 0.2) is 35.3 Å². The van der Waals surface area contributed by atoms with Crippen molar-refractivity contribution >= 4 is 11.9 Å². The maximum Gasteiger partial charge on any atom is 0.225 e. The minimum absolute atomic E-state index is 0.277. The molecule has 29 heavy (non-hydrogen) atoms. The third-order valence-electron chi connectivity index (χ3n) is 6.07. The highest BCUT2D eigenvalue weighted by molar-refractivity contribution is 5.81. The molecular formula is C23H37N5O. The number of rotatable bonds is 8. The van der Waals surface area contributed by atoms with Crippen LogP contribution in [-0.2, 0) is 11.3 Å². The maximum atomic E-state index is 12.6.